The smallest absolute Gasteiger partial charge is 0.255 e. The molecule has 6 nitrogen and oxygen atoms in total. The van der Waals surface area contributed by atoms with Crippen molar-refractivity contribution in [2.24, 2.45) is 11.8 Å². The number of aryl methyl sites for hydroxylation is 1. The first-order chi connectivity index (χ1) is 14.2. The Morgan fingerprint density at radius 1 is 0.900 bits per heavy atom. The van der Waals surface area contributed by atoms with Crippen LogP contribution in [-0.2, 0) is 4.79 Å². The summed E-state index contributed by atoms with van der Waals surface area (Å²) in [5.41, 5.74) is 3.19. The SMILES string of the molecule is CC(=O)Nc1ccc(C(=O)Nc2cc(C(=O)N3CC(C)CC(C)C3)ccc2C)cc1. The quantitative estimate of drug-likeness (QED) is 0.792. The molecule has 3 rings (SSSR count). The van der Waals surface area contributed by atoms with E-state index < -0.39 is 0 Å². The summed E-state index contributed by atoms with van der Waals surface area (Å²) < 4.78 is 0. The molecule has 0 aromatic heterocycles. The molecule has 0 bridgehead atoms. The maximum Gasteiger partial charge on any atom is 0.255 e. The van der Waals surface area contributed by atoms with Gasteiger partial charge in [-0.05, 0) is 67.1 Å². The van der Waals surface area contributed by atoms with Gasteiger partial charge in [-0.1, -0.05) is 19.9 Å². The van der Waals surface area contributed by atoms with Crippen molar-refractivity contribution in [1.29, 1.82) is 0 Å². The number of nitrogens with zero attached hydrogens (tertiary/aromatic N) is 1. The van der Waals surface area contributed by atoms with Gasteiger partial charge in [0.2, 0.25) is 5.91 Å². The number of nitrogens with one attached hydrogen (secondary N) is 2. The molecule has 2 unspecified atom stereocenters. The number of piperidine rings is 1. The van der Waals surface area contributed by atoms with Crippen molar-refractivity contribution in [3.63, 3.8) is 0 Å². The lowest BCUT2D eigenvalue weighted by Gasteiger charge is -2.35. The van der Waals surface area contributed by atoms with Crippen molar-refractivity contribution in [1.82, 2.24) is 4.90 Å². The summed E-state index contributed by atoms with van der Waals surface area (Å²) in [7, 11) is 0. The maximum absolute atomic E-state index is 13.0. The minimum atomic E-state index is -0.266. The minimum absolute atomic E-state index is 0.00330. The first-order valence-corrected chi connectivity index (χ1v) is 10.3. The molecule has 1 heterocycles. The lowest BCUT2D eigenvalue weighted by atomic mass is 9.91. The van der Waals surface area contributed by atoms with Gasteiger partial charge in [0.05, 0.1) is 0 Å². The van der Waals surface area contributed by atoms with Gasteiger partial charge in [0.15, 0.2) is 0 Å². The highest BCUT2D eigenvalue weighted by molar-refractivity contribution is 6.06. The van der Waals surface area contributed by atoms with Crippen molar-refractivity contribution >= 4 is 29.1 Å². The van der Waals surface area contributed by atoms with Crippen molar-refractivity contribution < 1.29 is 14.4 Å². The van der Waals surface area contributed by atoms with Gasteiger partial charge >= 0.3 is 0 Å². The molecule has 1 aliphatic rings. The molecule has 0 aliphatic carbocycles. The van der Waals surface area contributed by atoms with Crippen LogP contribution in [0.4, 0.5) is 11.4 Å². The standard InChI is InChI=1S/C24H29N3O3/c1-15-11-16(2)14-27(13-15)24(30)20-6-5-17(3)22(12-20)26-23(29)19-7-9-21(10-8-19)25-18(4)28/h5-10,12,15-16H,11,13-14H2,1-4H3,(H,25,28)(H,26,29). The Morgan fingerprint density at radius 3 is 2.10 bits per heavy atom. The first-order valence-electron chi connectivity index (χ1n) is 10.3. The van der Waals surface area contributed by atoms with E-state index in [0.717, 1.165) is 25.1 Å². The Labute approximate surface area is 177 Å². The number of carbonyl (C=O) groups excluding carboxylic acids is 3. The summed E-state index contributed by atoms with van der Waals surface area (Å²) in [6.45, 7) is 9.21. The third kappa shape index (κ3) is 5.26. The second-order valence-electron chi connectivity index (χ2n) is 8.40. The van der Waals surface area contributed by atoms with Crippen LogP contribution in [0.3, 0.4) is 0 Å². The van der Waals surface area contributed by atoms with Crippen LogP contribution < -0.4 is 10.6 Å². The van der Waals surface area contributed by atoms with Crippen LogP contribution in [-0.4, -0.2) is 35.7 Å². The molecule has 0 spiro atoms. The summed E-state index contributed by atoms with van der Waals surface area (Å²) in [6, 6.07) is 12.1. The molecular weight excluding hydrogens is 378 g/mol. The fraction of sp³-hybridized carbons (Fsp3) is 0.375. The lowest BCUT2D eigenvalue weighted by Crippen LogP contribution is -2.42. The number of hydrogen-bond acceptors (Lipinski definition) is 3. The Morgan fingerprint density at radius 2 is 1.50 bits per heavy atom. The fourth-order valence-corrected chi connectivity index (χ4v) is 4.00. The van der Waals surface area contributed by atoms with Crippen LogP contribution in [0.25, 0.3) is 0 Å². The molecule has 0 radical (unpaired) electrons. The van der Waals surface area contributed by atoms with Crippen molar-refractivity contribution in [3.05, 3.63) is 59.2 Å². The molecule has 2 atom stereocenters. The molecule has 2 N–H and O–H groups in total. The molecule has 1 saturated heterocycles. The average Bonchev–Trinajstić information content (AvgIpc) is 2.68. The molecule has 30 heavy (non-hydrogen) atoms. The fourth-order valence-electron chi connectivity index (χ4n) is 4.00. The van der Waals surface area contributed by atoms with Gasteiger partial charge in [0.1, 0.15) is 0 Å². The van der Waals surface area contributed by atoms with Crippen LogP contribution in [0.15, 0.2) is 42.5 Å². The highest BCUT2D eigenvalue weighted by Crippen LogP contribution is 2.24. The molecule has 2 aromatic carbocycles. The van der Waals surface area contributed by atoms with Gasteiger partial charge in [0, 0.05) is 42.5 Å². The van der Waals surface area contributed by atoms with E-state index in [9.17, 15) is 14.4 Å². The normalized spacial score (nSPS) is 18.6. The van der Waals surface area contributed by atoms with Gasteiger partial charge < -0.3 is 15.5 Å². The first kappa shape index (κ1) is 21.6. The van der Waals surface area contributed by atoms with E-state index in [4.69, 9.17) is 0 Å². The zero-order chi connectivity index (χ0) is 21.8. The number of likely N-dealkylation sites (tertiary alicyclic amines) is 1. The number of anilines is 2. The Hall–Kier alpha value is -3.15. The van der Waals surface area contributed by atoms with Crippen LogP contribution in [0, 0.1) is 18.8 Å². The van der Waals surface area contributed by atoms with Crippen LogP contribution in [0.5, 0.6) is 0 Å². The molecule has 1 fully saturated rings. The second kappa shape index (κ2) is 9.11. The Kier molecular flexibility index (Phi) is 6.55. The number of rotatable bonds is 4. The van der Waals surface area contributed by atoms with Crippen molar-refractivity contribution in [2.75, 3.05) is 23.7 Å². The maximum atomic E-state index is 13.0. The van der Waals surface area contributed by atoms with E-state index in [0.29, 0.717) is 34.3 Å². The van der Waals surface area contributed by atoms with Crippen molar-refractivity contribution in [2.45, 2.75) is 34.1 Å². The number of benzene rings is 2. The van der Waals surface area contributed by atoms with E-state index in [1.165, 1.54) is 6.92 Å². The lowest BCUT2D eigenvalue weighted by molar-refractivity contribution is -0.114. The van der Waals surface area contributed by atoms with Crippen LogP contribution in [0.2, 0.25) is 0 Å². The van der Waals surface area contributed by atoms with Crippen LogP contribution >= 0.6 is 0 Å². The number of amides is 3. The van der Waals surface area contributed by atoms with E-state index in [1.807, 2.05) is 24.0 Å². The third-order valence-corrected chi connectivity index (χ3v) is 5.36. The van der Waals surface area contributed by atoms with Crippen molar-refractivity contribution in [3.8, 4) is 0 Å². The highest BCUT2D eigenvalue weighted by Gasteiger charge is 2.26. The monoisotopic (exact) mass is 407 g/mol. The Balaban J connectivity index is 1.74. The molecule has 0 saturated carbocycles. The molecule has 158 valence electrons. The second-order valence-corrected chi connectivity index (χ2v) is 8.40. The molecular formula is C24H29N3O3. The summed E-state index contributed by atoms with van der Waals surface area (Å²) >= 11 is 0. The van der Waals surface area contributed by atoms with Gasteiger partial charge in [0.25, 0.3) is 11.8 Å². The Bertz CT molecular complexity index is 943. The van der Waals surface area contributed by atoms with Gasteiger partial charge in [-0.2, -0.15) is 0 Å². The third-order valence-electron chi connectivity index (χ3n) is 5.36. The zero-order valence-electron chi connectivity index (χ0n) is 18.0. The van der Waals surface area contributed by atoms with E-state index in [2.05, 4.69) is 24.5 Å². The topological polar surface area (TPSA) is 78.5 Å². The summed E-state index contributed by atoms with van der Waals surface area (Å²) in [5, 5.41) is 5.58. The predicted octanol–water partition coefficient (Wildman–Crippen LogP) is 4.32. The minimum Gasteiger partial charge on any atom is -0.338 e. The van der Waals surface area contributed by atoms with Crippen LogP contribution in [0.1, 0.15) is 53.5 Å². The molecule has 6 heteroatoms. The number of carbonyl (C=O) groups is 3. The van der Waals surface area contributed by atoms with E-state index >= 15 is 0 Å². The van der Waals surface area contributed by atoms with Gasteiger partial charge in [-0.3, -0.25) is 14.4 Å². The summed E-state index contributed by atoms with van der Waals surface area (Å²) in [6.07, 6.45) is 1.14. The molecule has 1 aliphatic heterocycles. The largest absolute Gasteiger partial charge is 0.338 e. The van der Waals surface area contributed by atoms with Gasteiger partial charge in [-0.25, -0.2) is 0 Å². The van der Waals surface area contributed by atoms with Gasteiger partial charge in [-0.15, -0.1) is 0 Å². The molecule has 2 aromatic rings. The molecule has 3 amide bonds. The average molecular weight is 408 g/mol. The van der Waals surface area contributed by atoms with E-state index in [1.54, 1.807) is 30.3 Å². The highest BCUT2D eigenvalue weighted by atomic mass is 16.2. The van der Waals surface area contributed by atoms with E-state index in [-0.39, 0.29) is 17.7 Å². The zero-order valence-corrected chi connectivity index (χ0v) is 18.0. The summed E-state index contributed by atoms with van der Waals surface area (Å²) in [5.74, 6) is 0.549. The number of hydrogen-bond donors (Lipinski definition) is 2. The summed E-state index contributed by atoms with van der Waals surface area (Å²) in [4.78, 5) is 38.7. The predicted molar refractivity (Wildman–Crippen MR) is 119 cm³/mol.